The third-order valence-electron chi connectivity index (χ3n) is 3.71. The monoisotopic (exact) mass is 352 g/mol. The predicted octanol–water partition coefficient (Wildman–Crippen LogP) is 1.95. The second-order valence-electron chi connectivity index (χ2n) is 6.04. The fraction of sp³-hybridized carbons (Fsp3) is 0.250. The maximum Gasteiger partial charge on any atom is 0.249 e. The van der Waals surface area contributed by atoms with Gasteiger partial charge >= 0.3 is 0 Å². The van der Waals surface area contributed by atoms with Gasteiger partial charge in [-0.25, -0.2) is 5.43 Å². The fourth-order valence-corrected chi connectivity index (χ4v) is 2.28. The van der Waals surface area contributed by atoms with Crippen LogP contribution in [0.4, 0.5) is 5.69 Å². The van der Waals surface area contributed by atoms with Crippen LogP contribution in [-0.4, -0.2) is 38.7 Å². The molecule has 26 heavy (non-hydrogen) atoms. The van der Waals surface area contributed by atoms with E-state index >= 15 is 0 Å². The van der Waals surface area contributed by atoms with Crippen LogP contribution in [0.5, 0.6) is 0 Å². The number of amides is 2. The van der Waals surface area contributed by atoms with Gasteiger partial charge in [0.25, 0.3) is 0 Å². The van der Waals surface area contributed by atoms with Crippen molar-refractivity contribution >= 4 is 23.7 Å². The van der Waals surface area contributed by atoms with Crippen LogP contribution in [0.25, 0.3) is 0 Å². The summed E-state index contributed by atoms with van der Waals surface area (Å²) in [6.07, 6.45) is 2.03. The molecule has 0 heterocycles. The third-order valence-corrected chi connectivity index (χ3v) is 3.71. The van der Waals surface area contributed by atoms with Gasteiger partial charge in [-0.15, -0.1) is 0 Å². The Balaban J connectivity index is 1.68. The number of hydrogen-bond donors (Lipinski definition) is 2. The Labute approximate surface area is 153 Å². The molecule has 0 aromatic heterocycles. The van der Waals surface area contributed by atoms with E-state index in [2.05, 4.69) is 15.8 Å². The summed E-state index contributed by atoms with van der Waals surface area (Å²) in [4.78, 5) is 25.5. The highest BCUT2D eigenvalue weighted by Crippen LogP contribution is 2.10. The lowest BCUT2D eigenvalue weighted by Gasteiger charge is -2.11. The van der Waals surface area contributed by atoms with Crippen molar-refractivity contribution in [3.05, 3.63) is 65.7 Å². The summed E-state index contributed by atoms with van der Waals surface area (Å²) in [6, 6.07) is 17.6. The minimum absolute atomic E-state index is 0.244. The average molecular weight is 352 g/mol. The molecular weight excluding hydrogens is 328 g/mol. The van der Waals surface area contributed by atoms with Crippen molar-refractivity contribution < 1.29 is 9.59 Å². The molecule has 0 spiro atoms. The maximum atomic E-state index is 11.7. The molecule has 0 bridgehead atoms. The second kappa shape index (κ2) is 9.98. The summed E-state index contributed by atoms with van der Waals surface area (Å²) in [6.45, 7) is 0.498. The van der Waals surface area contributed by atoms with Gasteiger partial charge in [-0.2, -0.15) is 5.10 Å². The number of nitrogens with one attached hydrogen (secondary N) is 2. The molecule has 2 aromatic carbocycles. The van der Waals surface area contributed by atoms with Crippen LogP contribution in [-0.2, 0) is 16.0 Å². The van der Waals surface area contributed by atoms with E-state index in [1.165, 1.54) is 0 Å². The molecular formula is C20H24N4O2. The molecule has 2 rings (SSSR count). The molecule has 0 aliphatic heterocycles. The standard InChI is InChI=1S/C20H24N4O2/c1-24(2)18-10-8-17(9-11-18)15-22-23-20(26)14-19(25)21-13-12-16-6-4-3-5-7-16/h3-11,15H,12-14H2,1-2H3,(H,21,25)(H,23,26)/b22-15-. The van der Waals surface area contributed by atoms with E-state index in [0.717, 1.165) is 23.2 Å². The normalized spacial score (nSPS) is 10.5. The quantitative estimate of drug-likeness (QED) is 0.433. The number of hydrogen-bond acceptors (Lipinski definition) is 4. The van der Waals surface area contributed by atoms with Gasteiger partial charge in [-0.3, -0.25) is 9.59 Å². The molecule has 2 amide bonds. The van der Waals surface area contributed by atoms with Crippen LogP contribution in [0.15, 0.2) is 59.7 Å². The van der Waals surface area contributed by atoms with Crippen LogP contribution in [0, 0.1) is 0 Å². The highest BCUT2D eigenvalue weighted by molar-refractivity contribution is 5.97. The van der Waals surface area contributed by atoms with Crippen molar-refractivity contribution in [3.63, 3.8) is 0 Å². The largest absolute Gasteiger partial charge is 0.378 e. The van der Waals surface area contributed by atoms with Gasteiger partial charge in [0.05, 0.1) is 6.21 Å². The number of carbonyl (C=O) groups is 2. The summed E-state index contributed by atoms with van der Waals surface area (Å²) in [7, 11) is 3.93. The Bertz CT molecular complexity index is 740. The van der Waals surface area contributed by atoms with Gasteiger partial charge in [0.15, 0.2) is 0 Å². The predicted molar refractivity (Wildman–Crippen MR) is 104 cm³/mol. The molecule has 0 atom stereocenters. The lowest BCUT2D eigenvalue weighted by atomic mass is 10.1. The van der Waals surface area contributed by atoms with Crippen LogP contribution >= 0.6 is 0 Å². The molecule has 0 saturated heterocycles. The number of hydrazone groups is 1. The number of carbonyl (C=O) groups excluding carboxylic acids is 2. The topological polar surface area (TPSA) is 73.8 Å². The van der Waals surface area contributed by atoms with Gasteiger partial charge in [-0.1, -0.05) is 42.5 Å². The van der Waals surface area contributed by atoms with Gasteiger partial charge in [0, 0.05) is 26.3 Å². The number of anilines is 1. The first-order valence-electron chi connectivity index (χ1n) is 8.44. The highest BCUT2D eigenvalue weighted by atomic mass is 16.2. The number of rotatable bonds is 8. The zero-order valence-electron chi connectivity index (χ0n) is 15.1. The van der Waals surface area contributed by atoms with Gasteiger partial charge in [0.2, 0.25) is 11.8 Å². The summed E-state index contributed by atoms with van der Waals surface area (Å²) in [5.41, 5.74) is 5.45. The zero-order valence-corrected chi connectivity index (χ0v) is 15.1. The molecule has 136 valence electrons. The first kappa shape index (κ1) is 19.2. The minimum Gasteiger partial charge on any atom is -0.378 e. The van der Waals surface area contributed by atoms with Crippen molar-refractivity contribution in [3.8, 4) is 0 Å². The summed E-state index contributed by atoms with van der Waals surface area (Å²) in [5.74, 6) is -0.757. The van der Waals surface area contributed by atoms with Crippen molar-refractivity contribution in [1.82, 2.24) is 10.7 Å². The van der Waals surface area contributed by atoms with Crippen molar-refractivity contribution in [2.45, 2.75) is 12.8 Å². The second-order valence-corrected chi connectivity index (χ2v) is 6.04. The van der Waals surface area contributed by atoms with E-state index in [-0.39, 0.29) is 12.3 Å². The molecule has 0 aliphatic rings. The Hall–Kier alpha value is -3.15. The van der Waals surface area contributed by atoms with E-state index in [1.54, 1.807) is 6.21 Å². The summed E-state index contributed by atoms with van der Waals surface area (Å²) < 4.78 is 0. The van der Waals surface area contributed by atoms with Crippen LogP contribution in [0.3, 0.4) is 0 Å². The van der Waals surface area contributed by atoms with Gasteiger partial charge in [-0.05, 0) is 29.7 Å². The molecule has 0 aliphatic carbocycles. The molecule has 0 radical (unpaired) electrons. The Morgan fingerprint density at radius 2 is 1.69 bits per heavy atom. The van der Waals surface area contributed by atoms with Crippen LogP contribution in [0.1, 0.15) is 17.5 Å². The Kier molecular flexibility index (Phi) is 7.36. The molecule has 0 fully saturated rings. The molecule has 2 N–H and O–H groups in total. The smallest absolute Gasteiger partial charge is 0.249 e. The van der Waals surface area contributed by atoms with Crippen molar-refractivity contribution in [2.75, 3.05) is 25.5 Å². The Morgan fingerprint density at radius 3 is 2.35 bits per heavy atom. The van der Waals surface area contributed by atoms with Gasteiger partial charge in [0.1, 0.15) is 6.42 Å². The summed E-state index contributed by atoms with van der Waals surface area (Å²) >= 11 is 0. The van der Waals surface area contributed by atoms with Gasteiger partial charge < -0.3 is 10.2 Å². The van der Waals surface area contributed by atoms with E-state index < -0.39 is 5.91 Å². The zero-order chi connectivity index (χ0) is 18.8. The van der Waals surface area contributed by atoms with E-state index in [9.17, 15) is 9.59 Å². The first-order valence-corrected chi connectivity index (χ1v) is 8.44. The maximum absolute atomic E-state index is 11.7. The van der Waals surface area contributed by atoms with E-state index in [1.807, 2.05) is 73.6 Å². The number of benzene rings is 2. The molecule has 6 heteroatoms. The molecule has 2 aromatic rings. The average Bonchev–Trinajstić information content (AvgIpc) is 2.63. The lowest BCUT2D eigenvalue weighted by Crippen LogP contribution is -2.31. The minimum atomic E-state index is -0.441. The van der Waals surface area contributed by atoms with E-state index in [0.29, 0.717) is 6.54 Å². The fourth-order valence-electron chi connectivity index (χ4n) is 2.28. The highest BCUT2D eigenvalue weighted by Gasteiger charge is 2.07. The molecule has 0 unspecified atom stereocenters. The molecule has 6 nitrogen and oxygen atoms in total. The van der Waals surface area contributed by atoms with Crippen molar-refractivity contribution in [1.29, 1.82) is 0 Å². The van der Waals surface area contributed by atoms with Crippen LogP contribution < -0.4 is 15.6 Å². The first-order chi connectivity index (χ1) is 12.5. The summed E-state index contributed by atoms with van der Waals surface area (Å²) in [5, 5.41) is 6.61. The number of nitrogens with zero attached hydrogens (tertiary/aromatic N) is 2. The SMILES string of the molecule is CN(C)c1ccc(/C=N\NC(=O)CC(=O)NCCc2ccccc2)cc1. The van der Waals surface area contributed by atoms with E-state index in [4.69, 9.17) is 0 Å². The Morgan fingerprint density at radius 1 is 1.00 bits per heavy atom. The van der Waals surface area contributed by atoms with Crippen molar-refractivity contribution in [2.24, 2.45) is 5.10 Å². The third kappa shape index (κ3) is 6.76. The molecule has 0 saturated carbocycles. The van der Waals surface area contributed by atoms with Crippen LogP contribution in [0.2, 0.25) is 0 Å². The lowest BCUT2D eigenvalue weighted by molar-refractivity contribution is -0.129.